The molecule has 2 amide bonds. The fraction of sp³-hybridized carbons (Fsp3) is 0.400. The lowest BCUT2D eigenvalue weighted by atomic mass is 10.2. The molecule has 6 heteroatoms. The van der Waals surface area contributed by atoms with Crippen LogP contribution in [0.25, 0.3) is 0 Å². The van der Waals surface area contributed by atoms with Crippen molar-refractivity contribution in [1.29, 1.82) is 0 Å². The molecule has 0 saturated heterocycles. The highest BCUT2D eigenvalue weighted by atomic mass is 35.5. The van der Waals surface area contributed by atoms with E-state index in [4.69, 9.17) is 16.7 Å². The van der Waals surface area contributed by atoms with E-state index in [1.807, 2.05) is 0 Å². The number of hydrogen-bond acceptors (Lipinski definition) is 3. The molecule has 2 heterocycles. The van der Waals surface area contributed by atoms with E-state index in [1.165, 1.54) is 0 Å². The van der Waals surface area contributed by atoms with Crippen LogP contribution in [0, 0.1) is 0 Å². The van der Waals surface area contributed by atoms with Crippen LogP contribution < -0.4 is 5.32 Å². The zero-order chi connectivity index (χ0) is 11.5. The van der Waals surface area contributed by atoms with Crippen LogP contribution in [0.5, 0.6) is 0 Å². The third kappa shape index (κ3) is 2.10. The molecule has 0 atom stereocenters. The number of urea groups is 1. The Morgan fingerprint density at radius 2 is 2.44 bits per heavy atom. The van der Waals surface area contributed by atoms with Crippen LogP contribution in [-0.4, -0.2) is 34.2 Å². The second kappa shape index (κ2) is 4.67. The standard InChI is InChI=1S/C10H12ClN3O2/c11-8-2-3-12-9-7(8)6-14(4-1-5-15)10(16)13-9/h2-3,15H,1,4-6H2,(H,12,13,16). The minimum Gasteiger partial charge on any atom is -0.396 e. The van der Waals surface area contributed by atoms with E-state index in [9.17, 15) is 4.79 Å². The van der Waals surface area contributed by atoms with Crippen molar-refractivity contribution >= 4 is 23.4 Å². The summed E-state index contributed by atoms with van der Waals surface area (Å²) in [5, 5.41) is 12.0. The van der Waals surface area contributed by atoms with Gasteiger partial charge in [-0.05, 0) is 12.5 Å². The number of aromatic nitrogens is 1. The zero-order valence-corrected chi connectivity index (χ0v) is 9.37. The fourth-order valence-corrected chi connectivity index (χ4v) is 1.82. The topological polar surface area (TPSA) is 65.5 Å². The maximum absolute atomic E-state index is 11.6. The van der Waals surface area contributed by atoms with Crippen LogP contribution in [0.15, 0.2) is 12.3 Å². The number of fused-ring (bicyclic) bond motifs is 1. The van der Waals surface area contributed by atoms with Crippen LogP contribution in [0.3, 0.4) is 0 Å². The Morgan fingerprint density at radius 1 is 1.62 bits per heavy atom. The summed E-state index contributed by atoms with van der Waals surface area (Å²) in [6, 6.07) is 1.50. The van der Waals surface area contributed by atoms with Crippen molar-refractivity contribution in [2.75, 3.05) is 18.5 Å². The van der Waals surface area contributed by atoms with Gasteiger partial charge in [0, 0.05) is 24.9 Å². The van der Waals surface area contributed by atoms with Crippen molar-refractivity contribution in [2.45, 2.75) is 13.0 Å². The number of rotatable bonds is 3. The van der Waals surface area contributed by atoms with Gasteiger partial charge < -0.3 is 10.0 Å². The number of hydrogen-bond donors (Lipinski definition) is 2. The number of anilines is 1. The normalized spacial score (nSPS) is 14.6. The highest BCUT2D eigenvalue weighted by molar-refractivity contribution is 6.31. The molecule has 5 nitrogen and oxygen atoms in total. The number of pyridine rings is 1. The average molecular weight is 242 g/mol. The number of aliphatic hydroxyl groups excluding tert-OH is 1. The van der Waals surface area contributed by atoms with Gasteiger partial charge in [-0.15, -0.1) is 0 Å². The summed E-state index contributed by atoms with van der Waals surface area (Å²) in [6.07, 6.45) is 2.12. The number of nitrogens with one attached hydrogen (secondary N) is 1. The van der Waals surface area contributed by atoms with Gasteiger partial charge in [0.15, 0.2) is 0 Å². The number of carbonyl (C=O) groups is 1. The largest absolute Gasteiger partial charge is 0.396 e. The second-order valence-electron chi connectivity index (χ2n) is 3.55. The summed E-state index contributed by atoms with van der Waals surface area (Å²) in [5.74, 6) is 0.526. The van der Waals surface area contributed by atoms with Gasteiger partial charge in [-0.1, -0.05) is 11.6 Å². The minimum atomic E-state index is -0.198. The number of carbonyl (C=O) groups excluding carboxylic acids is 1. The summed E-state index contributed by atoms with van der Waals surface area (Å²) < 4.78 is 0. The molecule has 2 N–H and O–H groups in total. The summed E-state index contributed by atoms with van der Waals surface area (Å²) in [7, 11) is 0. The third-order valence-electron chi connectivity index (χ3n) is 2.45. The van der Waals surface area contributed by atoms with Gasteiger partial charge in [-0.3, -0.25) is 5.32 Å². The van der Waals surface area contributed by atoms with Crippen molar-refractivity contribution in [3.05, 3.63) is 22.8 Å². The van der Waals surface area contributed by atoms with Gasteiger partial charge in [0.25, 0.3) is 0 Å². The van der Waals surface area contributed by atoms with Gasteiger partial charge in [-0.2, -0.15) is 0 Å². The molecule has 1 aromatic rings. The van der Waals surface area contributed by atoms with Crippen molar-refractivity contribution in [3.63, 3.8) is 0 Å². The molecule has 0 aliphatic carbocycles. The molecule has 16 heavy (non-hydrogen) atoms. The molecule has 1 aromatic heterocycles. The summed E-state index contributed by atoms with van der Waals surface area (Å²) >= 11 is 6.02. The highest BCUT2D eigenvalue weighted by Crippen LogP contribution is 2.27. The quantitative estimate of drug-likeness (QED) is 0.842. The maximum Gasteiger partial charge on any atom is 0.323 e. The van der Waals surface area contributed by atoms with Gasteiger partial charge in [-0.25, -0.2) is 9.78 Å². The van der Waals surface area contributed by atoms with Crippen molar-refractivity contribution in [1.82, 2.24) is 9.88 Å². The molecule has 0 bridgehead atoms. The van der Waals surface area contributed by atoms with E-state index in [0.717, 1.165) is 5.56 Å². The zero-order valence-electron chi connectivity index (χ0n) is 8.61. The molecule has 1 aliphatic rings. The Morgan fingerprint density at radius 3 is 3.19 bits per heavy atom. The SMILES string of the molecule is O=C1Nc2nccc(Cl)c2CN1CCCO. The smallest absolute Gasteiger partial charge is 0.323 e. The summed E-state index contributed by atoms with van der Waals surface area (Å²) in [5.41, 5.74) is 0.821. The van der Waals surface area contributed by atoms with E-state index in [0.29, 0.717) is 30.4 Å². The van der Waals surface area contributed by atoms with Crippen LogP contribution >= 0.6 is 11.6 Å². The molecule has 1 aliphatic heterocycles. The van der Waals surface area contributed by atoms with Crippen LogP contribution in [-0.2, 0) is 6.54 Å². The molecular weight excluding hydrogens is 230 g/mol. The number of amides is 2. The highest BCUT2D eigenvalue weighted by Gasteiger charge is 2.24. The van der Waals surface area contributed by atoms with Crippen molar-refractivity contribution in [2.24, 2.45) is 0 Å². The van der Waals surface area contributed by atoms with Crippen LogP contribution in [0.2, 0.25) is 5.02 Å². The molecule has 0 unspecified atom stereocenters. The lowest BCUT2D eigenvalue weighted by Crippen LogP contribution is -2.39. The molecule has 0 fully saturated rings. The van der Waals surface area contributed by atoms with E-state index in [-0.39, 0.29) is 12.6 Å². The Bertz CT molecular complexity index is 411. The van der Waals surface area contributed by atoms with Crippen molar-refractivity contribution < 1.29 is 9.90 Å². The third-order valence-corrected chi connectivity index (χ3v) is 2.80. The van der Waals surface area contributed by atoms with Crippen molar-refractivity contribution in [3.8, 4) is 0 Å². The number of halogens is 1. The lowest BCUT2D eigenvalue weighted by molar-refractivity contribution is 0.196. The lowest BCUT2D eigenvalue weighted by Gasteiger charge is -2.28. The Hall–Kier alpha value is -1.33. The van der Waals surface area contributed by atoms with E-state index >= 15 is 0 Å². The minimum absolute atomic E-state index is 0.0669. The summed E-state index contributed by atoms with van der Waals surface area (Å²) in [6.45, 7) is 1.01. The number of nitrogens with zero attached hydrogens (tertiary/aromatic N) is 2. The molecule has 2 rings (SSSR count). The molecule has 0 saturated carbocycles. The molecule has 0 aromatic carbocycles. The first-order valence-electron chi connectivity index (χ1n) is 5.02. The van der Waals surface area contributed by atoms with E-state index < -0.39 is 0 Å². The van der Waals surface area contributed by atoms with Crippen LogP contribution in [0.4, 0.5) is 10.6 Å². The molecule has 0 spiro atoms. The maximum atomic E-state index is 11.6. The molecule has 0 radical (unpaired) electrons. The molecule has 86 valence electrons. The molecular formula is C10H12ClN3O2. The van der Waals surface area contributed by atoms with Gasteiger partial charge in [0.05, 0.1) is 11.6 Å². The average Bonchev–Trinajstić information content (AvgIpc) is 2.27. The second-order valence-corrected chi connectivity index (χ2v) is 3.96. The first kappa shape index (κ1) is 11.2. The van der Waals surface area contributed by atoms with E-state index in [1.54, 1.807) is 17.2 Å². The predicted molar refractivity (Wildman–Crippen MR) is 60.4 cm³/mol. The van der Waals surface area contributed by atoms with Gasteiger partial charge in [0.1, 0.15) is 5.82 Å². The Kier molecular flexibility index (Phi) is 3.26. The Labute approximate surface area is 98.0 Å². The Balaban J connectivity index is 2.20. The first-order chi connectivity index (χ1) is 7.72. The van der Waals surface area contributed by atoms with Gasteiger partial charge in [0.2, 0.25) is 0 Å². The monoisotopic (exact) mass is 241 g/mol. The summed E-state index contributed by atoms with van der Waals surface area (Å²) in [4.78, 5) is 17.3. The first-order valence-corrected chi connectivity index (χ1v) is 5.40. The number of aliphatic hydroxyl groups is 1. The van der Waals surface area contributed by atoms with E-state index in [2.05, 4.69) is 10.3 Å². The fourth-order valence-electron chi connectivity index (χ4n) is 1.61. The van der Waals surface area contributed by atoms with Crippen LogP contribution in [0.1, 0.15) is 12.0 Å². The van der Waals surface area contributed by atoms with Gasteiger partial charge >= 0.3 is 6.03 Å². The predicted octanol–water partition coefficient (Wildman–Crippen LogP) is 1.46.